The molecular formula is C20H28O6P2S4. The minimum atomic E-state index is -2.37. The van der Waals surface area contributed by atoms with Crippen LogP contribution >= 0.6 is 35.4 Å². The van der Waals surface area contributed by atoms with E-state index in [1.165, 1.54) is 0 Å². The average Bonchev–Trinajstić information content (AvgIpc) is 2.80. The Morgan fingerprint density at radius 2 is 0.906 bits per heavy atom. The Morgan fingerprint density at radius 1 is 0.594 bits per heavy atom. The molecule has 2 atom stereocenters. The van der Waals surface area contributed by atoms with Crippen LogP contribution < -0.4 is 20.1 Å². The number of hydrogen-bond acceptors (Lipinski definition) is 8. The summed E-state index contributed by atoms with van der Waals surface area (Å²) in [5, 5.41) is 1.75. The summed E-state index contributed by atoms with van der Waals surface area (Å²) in [5.74, 6) is 1.53. The highest BCUT2D eigenvalue weighted by Crippen LogP contribution is 2.51. The predicted molar refractivity (Wildman–Crippen MR) is 145 cm³/mol. The molecule has 0 spiro atoms. The van der Waals surface area contributed by atoms with E-state index in [1.807, 2.05) is 48.5 Å². The van der Waals surface area contributed by atoms with Crippen molar-refractivity contribution in [1.82, 2.24) is 0 Å². The van der Waals surface area contributed by atoms with Crippen LogP contribution in [0, 0.1) is 0 Å². The summed E-state index contributed by atoms with van der Waals surface area (Å²) >= 11 is 20.1. The third-order valence-corrected chi connectivity index (χ3v) is 11.1. The molecule has 0 aliphatic rings. The quantitative estimate of drug-likeness (QED) is 0.193. The summed E-state index contributed by atoms with van der Waals surface area (Å²) in [6.07, 6.45) is 0. The number of benzene rings is 2. The molecule has 2 rings (SSSR count). The maximum atomic E-state index is 5.77. The zero-order chi connectivity index (χ0) is 23.5. The second-order valence-corrected chi connectivity index (χ2v) is 18.0. The van der Waals surface area contributed by atoms with Crippen LogP contribution in [0.1, 0.15) is 0 Å². The molecule has 0 aliphatic heterocycles. The van der Waals surface area contributed by atoms with Gasteiger partial charge in [-0.1, -0.05) is 23.6 Å². The van der Waals surface area contributed by atoms with E-state index in [0.717, 1.165) is 22.1 Å². The Hall–Kier alpha value is -0.120. The molecule has 0 aromatic heterocycles. The lowest BCUT2D eigenvalue weighted by atomic mass is 10.3. The summed E-state index contributed by atoms with van der Waals surface area (Å²) in [7, 11) is 3.24. The van der Waals surface area contributed by atoms with Gasteiger partial charge in [0.1, 0.15) is 22.4 Å². The van der Waals surface area contributed by atoms with Gasteiger partial charge in [0.05, 0.1) is 53.9 Å². The van der Waals surface area contributed by atoms with Gasteiger partial charge in [-0.3, -0.25) is 0 Å². The van der Waals surface area contributed by atoms with E-state index in [9.17, 15) is 0 Å². The Kier molecular flexibility index (Phi) is 12.6. The highest BCUT2D eigenvalue weighted by Gasteiger charge is 2.16. The Bertz CT molecular complexity index is 836. The maximum Gasteiger partial charge on any atom is 0.145 e. The van der Waals surface area contributed by atoms with Gasteiger partial charge in [0.25, 0.3) is 0 Å². The summed E-state index contributed by atoms with van der Waals surface area (Å²) in [6.45, 7) is 2.41. The van der Waals surface area contributed by atoms with Crippen molar-refractivity contribution in [2.45, 2.75) is 0 Å². The SMILES string of the molecule is COc1ccc(P(=S)(S)OCCOCCOCCOP(=S)(S)c2ccc(OC)cc2)cc1. The molecule has 0 saturated carbocycles. The summed E-state index contributed by atoms with van der Waals surface area (Å²) < 4.78 is 32.9. The van der Waals surface area contributed by atoms with Crippen molar-refractivity contribution >= 4 is 69.7 Å². The molecule has 0 aliphatic carbocycles. The monoisotopic (exact) mass is 554 g/mol. The summed E-state index contributed by atoms with van der Waals surface area (Å²) in [5.41, 5.74) is -4.74. The Morgan fingerprint density at radius 3 is 1.22 bits per heavy atom. The number of thiol groups is 2. The first-order chi connectivity index (χ1) is 15.3. The molecule has 0 heterocycles. The van der Waals surface area contributed by atoms with Crippen molar-refractivity contribution in [1.29, 1.82) is 0 Å². The van der Waals surface area contributed by atoms with E-state index >= 15 is 0 Å². The van der Waals surface area contributed by atoms with Crippen LogP contribution in [0.5, 0.6) is 11.5 Å². The fourth-order valence-electron chi connectivity index (χ4n) is 2.45. The van der Waals surface area contributed by atoms with Crippen molar-refractivity contribution in [3.05, 3.63) is 48.5 Å². The Balaban J connectivity index is 1.54. The fourth-order valence-corrected chi connectivity index (χ4v) is 6.91. The Labute approximate surface area is 210 Å². The molecule has 2 unspecified atom stereocenters. The minimum Gasteiger partial charge on any atom is -0.497 e. The van der Waals surface area contributed by atoms with Gasteiger partial charge >= 0.3 is 0 Å². The normalized spacial score (nSPS) is 15.0. The molecule has 2 aromatic rings. The van der Waals surface area contributed by atoms with Crippen LogP contribution in [0.2, 0.25) is 0 Å². The van der Waals surface area contributed by atoms with Crippen molar-refractivity contribution in [3.8, 4) is 11.5 Å². The molecule has 178 valence electrons. The molecule has 0 saturated heterocycles. The second-order valence-electron chi connectivity index (χ2n) is 6.33. The molecule has 0 amide bonds. The number of rotatable bonds is 15. The molecule has 0 radical (unpaired) electrons. The molecule has 2 aromatic carbocycles. The van der Waals surface area contributed by atoms with Crippen molar-refractivity contribution in [2.75, 3.05) is 53.9 Å². The number of hydrogen-bond donors (Lipinski definition) is 2. The molecule has 6 nitrogen and oxygen atoms in total. The lowest BCUT2D eigenvalue weighted by molar-refractivity contribution is 0.0301. The number of methoxy groups -OCH3 is 2. The maximum absolute atomic E-state index is 5.77. The van der Waals surface area contributed by atoms with Crippen LogP contribution in [0.4, 0.5) is 0 Å². The topological polar surface area (TPSA) is 55.4 Å². The first-order valence-corrected chi connectivity index (χ1v) is 17.4. The van der Waals surface area contributed by atoms with Gasteiger partial charge in [0.15, 0.2) is 0 Å². The highest BCUT2D eigenvalue weighted by molar-refractivity contribution is 8.64. The minimum absolute atomic E-state index is 0.361. The van der Waals surface area contributed by atoms with Gasteiger partial charge in [-0.25, -0.2) is 0 Å². The summed E-state index contributed by atoms with van der Waals surface area (Å²) in [4.78, 5) is 0. The molecule has 0 bridgehead atoms. The van der Waals surface area contributed by atoms with Gasteiger partial charge in [-0.05, 0) is 48.5 Å². The first kappa shape index (κ1) is 28.1. The fraction of sp³-hybridized carbons (Fsp3) is 0.400. The highest BCUT2D eigenvalue weighted by atomic mass is 32.9. The molecular weight excluding hydrogens is 526 g/mol. The van der Waals surface area contributed by atoms with Gasteiger partial charge in [0, 0.05) is 10.6 Å². The third-order valence-electron chi connectivity index (χ3n) is 4.16. The van der Waals surface area contributed by atoms with Gasteiger partial charge in [0.2, 0.25) is 0 Å². The van der Waals surface area contributed by atoms with Crippen molar-refractivity contribution < 1.29 is 28.0 Å². The van der Waals surface area contributed by atoms with E-state index in [2.05, 4.69) is 24.5 Å². The van der Waals surface area contributed by atoms with E-state index in [0.29, 0.717) is 39.6 Å². The van der Waals surface area contributed by atoms with Crippen LogP contribution in [-0.2, 0) is 42.1 Å². The lowest BCUT2D eigenvalue weighted by Crippen LogP contribution is -2.12. The predicted octanol–water partition coefficient (Wildman–Crippen LogP) is 4.20. The van der Waals surface area contributed by atoms with Gasteiger partial charge in [-0.15, -0.1) is 24.5 Å². The van der Waals surface area contributed by atoms with E-state index < -0.39 is 10.9 Å². The zero-order valence-corrected chi connectivity index (χ0v) is 23.1. The molecule has 32 heavy (non-hydrogen) atoms. The standard InChI is InChI=1S/C20H28O6P2S4/c1-21-17-3-7-19(8-4-17)27(29,30)25-15-13-23-11-12-24-14-16-26-28(31,32)20-9-5-18(22-2)6-10-20/h3-10H,11-16H2,1-2H3,(H,29,30)(H,31,32). The zero-order valence-electron chi connectivity index (χ0n) is 17.9. The van der Waals surface area contributed by atoms with E-state index in [4.69, 9.17) is 51.6 Å². The van der Waals surface area contributed by atoms with Crippen LogP contribution in [0.25, 0.3) is 0 Å². The molecule has 0 N–H and O–H groups in total. The lowest BCUT2D eigenvalue weighted by Gasteiger charge is -2.18. The van der Waals surface area contributed by atoms with Gasteiger partial charge in [-0.2, -0.15) is 0 Å². The first-order valence-electron chi connectivity index (χ1n) is 9.68. The van der Waals surface area contributed by atoms with E-state index in [1.54, 1.807) is 14.2 Å². The molecule has 12 heteroatoms. The van der Waals surface area contributed by atoms with Crippen LogP contribution in [0.15, 0.2) is 48.5 Å². The average molecular weight is 555 g/mol. The third kappa shape index (κ3) is 9.63. The van der Waals surface area contributed by atoms with Crippen LogP contribution in [0.3, 0.4) is 0 Å². The van der Waals surface area contributed by atoms with Crippen molar-refractivity contribution in [2.24, 2.45) is 0 Å². The van der Waals surface area contributed by atoms with Crippen molar-refractivity contribution in [3.63, 3.8) is 0 Å². The van der Waals surface area contributed by atoms with Gasteiger partial charge < -0.3 is 28.0 Å². The largest absolute Gasteiger partial charge is 0.497 e. The molecule has 0 fully saturated rings. The number of ether oxygens (including phenoxy) is 4. The van der Waals surface area contributed by atoms with E-state index in [-0.39, 0.29) is 0 Å². The summed E-state index contributed by atoms with van der Waals surface area (Å²) in [6, 6.07) is 14.9. The second kappa shape index (κ2) is 14.3. The van der Waals surface area contributed by atoms with Crippen LogP contribution in [-0.4, -0.2) is 53.9 Å². The smallest absolute Gasteiger partial charge is 0.145 e.